The molecule has 3 rings (SSSR count). The van der Waals surface area contributed by atoms with Gasteiger partial charge in [0.2, 0.25) is 5.91 Å². The summed E-state index contributed by atoms with van der Waals surface area (Å²) < 4.78 is 5.47. The first-order valence-corrected chi connectivity index (χ1v) is 13.9. The molecule has 7 heteroatoms. The SMILES string of the molecule is Cc1cc(C)cc(C(C(=O)Nc2c(C)cccc2C)N(C(=O)C(NC(=O)OC(C)(C)C)C(C)C)C2CC2C)c1. The Kier molecular flexibility index (Phi) is 9.14. The van der Waals surface area contributed by atoms with Crippen LogP contribution in [0, 0.1) is 39.5 Å². The number of carbonyl (C=O) groups excluding carboxylic acids is 3. The van der Waals surface area contributed by atoms with Gasteiger partial charge in [0.05, 0.1) is 0 Å². The van der Waals surface area contributed by atoms with Crippen molar-refractivity contribution in [1.29, 1.82) is 0 Å². The molecule has 0 bridgehead atoms. The van der Waals surface area contributed by atoms with E-state index in [1.54, 1.807) is 25.7 Å². The first-order chi connectivity index (χ1) is 18.1. The van der Waals surface area contributed by atoms with E-state index in [1.807, 2.05) is 71.9 Å². The molecule has 3 amide bonds. The lowest BCUT2D eigenvalue weighted by atomic mass is 9.96. The van der Waals surface area contributed by atoms with Crippen LogP contribution in [0.5, 0.6) is 0 Å². The number of hydrogen-bond acceptors (Lipinski definition) is 4. The minimum absolute atomic E-state index is 0.117. The Bertz CT molecular complexity index is 1190. The topological polar surface area (TPSA) is 87.7 Å². The number of amides is 3. The Morgan fingerprint density at radius 1 is 0.974 bits per heavy atom. The average molecular weight is 536 g/mol. The third-order valence-corrected chi connectivity index (χ3v) is 7.10. The number of alkyl carbamates (subject to hydrolysis) is 1. The van der Waals surface area contributed by atoms with Crippen molar-refractivity contribution in [3.63, 3.8) is 0 Å². The highest BCUT2D eigenvalue weighted by Gasteiger charge is 2.48. The van der Waals surface area contributed by atoms with Gasteiger partial charge in [-0.25, -0.2) is 4.79 Å². The Morgan fingerprint density at radius 2 is 1.51 bits per heavy atom. The second-order valence-electron chi connectivity index (χ2n) is 12.5. The van der Waals surface area contributed by atoms with E-state index in [0.717, 1.165) is 39.9 Å². The van der Waals surface area contributed by atoms with Crippen molar-refractivity contribution >= 4 is 23.6 Å². The molecule has 0 aromatic heterocycles. The van der Waals surface area contributed by atoms with Gasteiger partial charge in [0, 0.05) is 11.7 Å². The molecule has 4 atom stereocenters. The van der Waals surface area contributed by atoms with Crippen LogP contribution in [0.25, 0.3) is 0 Å². The highest BCUT2D eigenvalue weighted by atomic mass is 16.6. The van der Waals surface area contributed by atoms with Gasteiger partial charge in [-0.2, -0.15) is 0 Å². The smallest absolute Gasteiger partial charge is 0.408 e. The summed E-state index contributed by atoms with van der Waals surface area (Å²) in [7, 11) is 0. The molecule has 1 fully saturated rings. The second-order valence-corrected chi connectivity index (χ2v) is 12.5. The molecule has 1 saturated carbocycles. The molecule has 0 radical (unpaired) electrons. The molecule has 2 aromatic rings. The van der Waals surface area contributed by atoms with Gasteiger partial charge in [0.1, 0.15) is 17.7 Å². The molecule has 0 saturated heterocycles. The Labute approximate surface area is 233 Å². The molecule has 0 spiro atoms. The highest BCUT2D eigenvalue weighted by molar-refractivity contribution is 6.00. The molecule has 1 aliphatic carbocycles. The summed E-state index contributed by atoms with van der Waals surface area (Å²) in [6.07, 6.45) is 0.141. The number of benzene rings is 2. The Hall–Kier alpha value is -3.35. The van der Waals surface area contributed by atoms with E-state index in [2.05, 4.69) is 23.6 Å². The van der Waals surface area contributed by atoms with Gasteiger partial charge in [-0.1, -0.05) is 68.3 Å². The van der Waals surface area contributed by atoms with Crippen LogP contribution in [0.1, 0.15) is 81.8 Å². The van der Waals surface area contributed by atoms with Crippen molar-refractivity contribution < 1.29 is 19.1 Å². The van der Waals surface area contributed by atoms with Crippen molar-refractivity contribution in [2.24, 2.45) is 11.8 Å². The van der Waals surface area contributed by atoms with Gasteiger partial charge in [-0.3, -0.25) is 9.59 Å². The largest absolute Gasteiger partial charge is 0.444 e. The van der Waals surface area contributed by atoms with Crippen LogP contribution >= 0.6 is 0 Å². The molecular formula is C32H45N3O4. The normalized spacial score (nSPS) is 18.2. The predicted octanol–water partition coefficient (Wildman–Crippen LogP) is 6.39. The fraction of sp³-hybridized carbons (Fsp3) is 0.531. The van der Waals surface area contributed by atoms with Crippen molar-refractivity contribution in [2.75, 3.05) is 5.32 Å². The van der Waals surface area contributed by atoms with Gasteiger partial charge >= 0.3 is 6.09 Å². The van der Waals surface area contributed by atoms with E-state index in [1.165, 1.54) is 0 Å². The molecule has 0 heterocycles. The number of nitrogens with zero attached hydrogens (tertiary/aromatic N) is 1. The zero-order valence-electron chi connectivity index (χ0n) is 25.1. The second kappa shape index (κ2) is 11.8. The summed E-state index contributed by atoms with van der Waals surface area (Å²) in [5.74, 6) is -0.538. The molecule has 7 nitrogen and oxygen atoms in total. The van der Waals surface area contributed by atoms with Gasteiger partial charge in [-0.15, -0.1) is 0 Å². The maximum Gasteiger partial charge on any atom is 0.408 e. The number of para-hydroxylation sites is 1. The number of aryl methyl sites for hydroxylation is 4. The summed E-state index contributed by atoms with van der Waals surface area (Å²) in [6, 6.07) is 10.0. The lowest BCUT2D eigenvalue weighted by Gasteiger charge is -2.36. The number of carbonyl (C=O) groups is 3. The minimum atomic E-state index is -0.869. The van der Waals surface area contributed by atoms with Gasteiger partial charge in [0.15, 0.2) is 0 Å². The minimum Gasteiger partial charge on any atom is -0.444 e. The fourth-order valence-corrected chi connectivity index (χ4v) is 5.09. The van der Waals surface area contributed by atoms with E-state index in [-0.39, 0.29) is 29.7 Å². The number of ether oxygens (including phenoxy) is 1. The summed E-state index contributed by atoms with van der Waals surface area (Å²) in [5, 5.41) is 5.95. The molecule has 39 heavy (non-hydrogen) atoms. The van der Waals surface area contributed by atoms with E-state index in [4.69, 9.17) is 4.74 Å². The van der Waals surface area contributed by atoms with E-state index in [0.29, 0.717) is 0 Å². The lowest BCUT2D eigenvalue weighted by Crippen LogP contribution is -2.55. The molecule has 212 valence electrons. The first kappa shape index (κ1) is 30.2. The molecular weight excluding hydrogens is 490 g/mol. The molecule has 2 N–H and O–H groups in total. The van der Waals surface area contributed by atoms with Crippen LogP contribution in [0.4, 0.5) is 10.5 Å². The standard InChI is InChI=1S/C32H45N3O4/c1-18(2)26(34-31(38)39-32(8,9)10)30(37)35(25-17-23(25)7)28(24-15-19(3)14-20(4)16-24)29(36)33-27-21(5)12-11-13-22(27)6/h11-16,18,23,25-26,28H,17H2,1-10H3,(H,33,36)(H,34,38). The van der Waals surface area contributed by atoms with Crippen LogP contribution in [-0.4, -0.2) is 40.5 Å². The number of anilines is 1. The lowest BCUT2D eigenvalue weighted by molar-refractivity contribution is -0.142. The molecule has 2 aromatic carbocycles. The zero-order valence-corrected chi connectivity index (χ0v) is 25.1. The van der Waals surface area contributed by atoms with Crippen molar-refractivity contribution in [3.05, 3.63) is 64.2 Å². The van der Waals surface area contributed by atoms with Crippen molar-refractivity contribution in [1.82, 2.24) is 10.2 Å². The van der Waals surface area contributed by atoms with Crippen LogP contribution in [0.3, 0.4) is 0 Å². The summed E-state index contributed by atoms with van der Waals surface area (Å²) in [5.41, 5.74) is 4.73. The average Bonchev–Trinajstić information content (AvgIpc) is 3.51. The van der Waals surface area contributed by atoms with Crippen LogP contribution in [0.15, 0.2) is 36.4 Å². The maximum absolute atomic E-state index is 14.4. The van der Waals surface area contributed by atoms with Gasteiger partial charge in [-0.05, 0) is 83.4 Å². The highest BCUT2D eigenvalue weighted by Crippen LogP contribution is 2.42. The zero-order chi connectivity index (χ0) is 29.2. The van der Waals surface area contributed by atoms with Crippen LogP contribution in [0.2, 0.25) is 0 Å². The first-order valence-electron chi connectivity index (χ1n) is 13.9. The number of hydrogen-bond donors (Lipinski definition) is 2. The molecule has 4 unspecified atom stereocenters. The monoisotopic (exact) mass is 535 g/mol. The summed E-state index contributed by atoms with van der Waals surface area (Å²) in [4.78, 5) is 43.0. The Balaban J connectivity index is 2.09. The third-order valence-electron chi connectivity index (χ3n) is 7.10. The quantitative estimate of drug-likeness (QED) is 0.410. The molecule has 1 aliphatic rings. The van der Waals surface area contributed by atoms with Gasteiger partial charge in [0.25, 0.3) is 5.91 Å². The maximum atomic E-state index is 14.4. The predicted molar refractivity (Wildman–Crippen MR) is 156 cm³/mol. The van der Waals surface area contributed by atoms with Crippen molar-refractivity contribution in [3.8, 4) is 0 Å². The van der Waals surface area contributed by atoms with Gasteiger partial charge < -0.3 is 20.3 Å². The van der Waals surface area contributed by atoms with E-state index in [9.17, 15) is 14.4 Å². The summed E-state index contributed by atoms with van der Waals surface area (Å²) in [6.45, 7) is 19.1. The van der Waals surface area contributed by atoms with E-state index >= 15 is 0 Å². The molecule has 0 aliphatic heterocycles. The van der Waals surface area contributed by atoms with Crippen LogP contribution in [-0.2, 0) is 14.3 Å². The van der Waals surface area contributed by atoms with Crippen molar-refractivity contribution in [2.45, 2.75) is 99.4 Å². The number of nitrogens with one attached hydrogen (secondary N) is 2. The summed E-state index contributed by atoms with van der Waals surface area (Å²) >= 11 is 0. The fourth-order valence-electron chi connectivity index (χ4n) is 5.09. The third kappa shape index (κ3) is 7.61. The number of rotatable bonds is 8. The Morgan fingerprint density at radius 3 is 1.97 bits per heavy atom. The van der Waals surface area contributed by atoms with Crippen LogP contribution < -0.4 is 10.6 Å². The van der Waals surface area contributed by atoms with E-state index < -0.39 is 23.8 Å².